The highest BCUT2D eigenvalue weighted by Gasteiger charge is 2.28. The van der Waals surface area contributed by atoms with E-state index in [4.69, 9.17) is 9.47 Å². The number of hydrogen-bond donors (Lipinski definition) is 1. The average Bonchev–Trinajstić information content (AvgIpc) is 2.83. The Bertz CT molecular complexity index is 926. The lowest BCUT2D eigenvalue weighted by Gasteiger charge is -2.31. The Morgan fingerprint density at radius 2 is 1.70 bits per heavy atom. The standard InChI is InChI=1S/C27H36N2O4/c1-4-6-15-28-27(31)23(5-2)29(19-22-9-7-20(3)8-10-22)26(30)14-12-21-11-13-24-25(18-21)33-17-16-32-24/h7-11,13,18,23H,4-6,12,14-17,19H2,1-3H3,(H,28,31)/t23-/m1/s1. The summed E-state index contributed by atoms with van der Waals surface area (Å²) in [6.45, 7) is 8.23. The van der Waals surface area contributed by atoms with Gasteiger partial charge in [0.2, 0.25) is 11.8 Å². The van der Waals surface area contributed by atoms with Gasteiger partial charge in [-0.25, -0.2) is 0 Å². The zero-order chi connectivity index (χ0) is 23.6. The SMILES string of the molecule is CCCCNC(=O)[C@@H](CC)N(Cc1ccc(C)cc1)C(=O)CCc1ccc2c(c1)OCCO2. The van der Waals surface area contributed by atoms with Crippen LogP contribution in [-0.2, 0) is 22.6 Å². The van der Waals surface area contributed by atoms with Gasteiger partial charge in [0.1, 0.15) is 19.3 Å². The Morgan fingerprint density at radius 1 is 1.00 bits per heavy atom. The van der Waals surface area contributed by atoms with Gasteiger partial charge in [-0.2, -0.15) is 0 Å². The van der Waals surface area contributed by atoms with Gasteiger partial charge < -0.3 is 19.7 Å². The molecule has 2 aromatic carbocycles. The van der Waals surface area contributed by atoms with E-state index in [0.717, 1.165) is 35.5 Å². The first-order valence-electron chi connectivity index (χ1n) is 12.0. The zero-order valence-electron chi connectivity index (χ0n) is 20.1. The second-order valence-corrected chi connectivity index (χ2v) is 8.55. The summed E-state index contributed by atoms with van der Waals surface area (Å²) in [6.07, 6.45) is 3.41. The van der Waals surface area contributed by atoms with Crippen LogP contribution in [0, 0.1) is 6.92 Å². The molecule has 6 nitrogen and oxygen atoms in total. The van der Waals surface area contributed by atoms with Crippen LogP contribution in [0.4, 0.5) is 0 Å². The van der Waals surface area contributed by atoms with E-state index >= 15 is 0 Å². The number of nitrogens with zero attached hydrogens (tertiary/aromatic N) is 1. The molecule has 1 N–H and O–H groups in total. The van der Waals surface area contributed by atoms with Crippen molar-refractivity contribution < 1.29 is 19.1 Å². The number of rotatable bonds is 11. The minimum atomic E-state index is -0.490. The number of hydrogen-bond acceptors (Lipinski definition) is 4. The van der Waals surface area contributed by atoms with E-state index in [0.29, 0.717) is 45.6 Å². The molecule has 0 radical (unpaired) electrons. The van der Waals surface area contributed by atoms with Gasteiger partial charge in [-0.3, -0.25) is 9.59 Å². The van der Waals surface area contributed by atoms with Crippen molar-refractivity contribution in [1.29, 1.82) is 0 Å². The molecule has 1 aliphatic heterocycles. The van der Waals surface area contributed by atoms with Crippen LogP contribution in [0.2, 0.25) is 0 Å². The number of benzene rings is 2. The molecule has 0 aliphatic carbocycles. The van der Waals surface area contributed by atoms with E-state index in [-0.39, 0.29) is 11.8 Å². The fourth-order valence-corrected chi connectivity index (χ4v) is 3.95. The molecule has 3 rings (SSSR count). The molecule has 0 saturated heterocycles. The van der Waals surface area contributed by atoms with E-state index in [1.807, 2.05) is 56.3 Å². The molecule has 0 bridgehead atoms. The van der Waals surface area contributed by atoms with Crippen molar-refractivity contribution in [2.45, 2.75) is 65.5 Å². The third-order valence-electron chi connectivity index (χ3n) is 5.92. The number of carbonyl (C=O) groups is 2. The second kappa shape index (κ2) is 12.3. The van der Waals surface area contributed by atoms with Gasteiger partial charge in [0.15, 0.2) is 11.5 Å². The Balaban J connectivity index is 1.72. The minimum absolute atomic E-state index is 0.0250. The fourth-order valence-electron chi connectivity index (χ4n) is 3.95. The maximum Gasteiger partial charge on any atom is 0.242 e. The van der Waals surface area contributed by atoms with Gasteiger partial charge >= 0.3 is 0 Å². The quantitative estimate of drug-likeness (QED) is 0.513. The maximum absolute atomic E-state index is 13.4. The zero-order valence-corrected chi connectivity index (χ0v) is 20.1. The summed E-state index contributed by atoms with van der Waals surface area (Å²) in [7, 11) is 0. The van der Waals surface area contributed by atoms with Crippen molar-refractivity contribution in [3.8, 4) is 11.5 Å². The van der Waals surface area contributed by atoms with E-state index in [9.17, 15) is 9.59 Å². The number of aryl methyl sites for hydroxylation is 2. The third-order valence-corrected chi connectivity index (χ3v) is 5.92. The topological polar surface area (TPSA) is 67.9 Å². The van der Waals surface area contributed by atoms with E-state index < -0.39 is 6.04 Å². The van der Waals surface area contributed by atoms with Gasteiger partial charge in [-0.1, -0.05) is 56.2 Å². The lowest BCUT2D eigenvalue weighted by atomic mass is 10.0. The molecule has 1 atom stereocenters. The summed E-state index contributed by atoms with van der Waals surface area (Å²) in [5, 5.41) is 3.01. The Hall–Kier alpha value is -3.02. The molecule has 1 aliphatic rings. The summed E-state index contributed by atoms with van der Waals surface area (Å²) < 4.78 is 11.3. The summed E-state index contributed by atoms with van der Waals surface area (Å²) in [4.78, 5) is 28.1. The molecule has 1 heterocycles. The molecule has 0 aromatic heterocycles. The van der Waals surface area contributed by atoms with Crippen LogP contribution in [-0.4, -0.2) is 42.5 Å². The summed E-state index contributed by atoms with van der Waals surface area (Å²) in [5.41, 5.74) is 3.20. The average molecular weight is 453 g/mol. The van der Waals surface area contributed by atoms with Crippen molar-refractivity contribution in [2.75, 3.05) is 19.8 Å². The number of fused-ring (bicyclic) bond motifs is 1. The molecule has 0 saturated carbocycles. The molecule has 178 valence electrons. The fraction of sp³-hybridized carbons (Fsp3) is 0.481. The predicted molar refractivity (Wildman–Crippen MR) is 129 cm³/mol. The van der Waals surface area contributed by atoms with Crippen LogP contribution in [0.25, 0.3) is 0 Å². The number of carbonyl (C=O) groups excluding carboxylic acids is 2. The van der Waals surface area contributed by atoms with Crippen molar-refractivity contribution >= 4 is 11.8 Å². The van der Waals surface area contributed by atoms with Crippen LogP contribution < -0.4 is 14.8 Å². The molecule has 2 aromatic rings. The molecule has 33 heavy (non-hydrogen) atoms. The van der Waals surface area contributed by atoms with Crippen LogP contribution in [0.1, 0.15) is 56.2 Å². The van der Waals surface area contributed by atoms with Crippen LogP contribution in [0.3, 0.4) is 0 Å². The molecule has 2 amide bonds. The van der Waals surface area contributed by atoms with Gasteiger partial charge in [0, 0.05) is 19.5 Å². The lowest BCUT2D eigenvalue weighted by Crippen LogP contribution is -2.49. The summed E-state index contributed by atoms with van der Waals surface area (Å²) in [5.74, 6) is 1.37. The van der Waals surface area contributed by atoms with Gasteiger partial charge in [0.05, 0.1) is 0 Å². The minimum Gasteiger partial charge on any atom is -0.486 e. The molecular formula is C27H36N2O4. The molecule has 0 spiro atoms. The first-order chi connectivity index (χ1) is 16.0. The number of unbranched alkanes of at least 4 members (excludes halogenated alkanes) is 1. The second-order valence-electron chi connectivity index (χ2n) is 8.55. The molecule has 6 heteroatoms. The number of nitrogens with one attached hydrogen (secondary N) is 1. The van der Waals surface area contributed by atoms with Gasteiger partial charge in [-0.15, -0.1) is 0 Å². The lowest BCUT2D eigenvalue weighted by molar-refractivity contribution is -0.141. The normalized spacial score (nSPS) is 13.3. The predicted octanol–water partition coefficient (Wildman–Crippen LogP) is 4.42. The first kappa shape index (κ1) is 24.6. The molecular weight excluding hydrogens is 416 g/mol. The number of amides is 2. The van der Waals surface area contributed by atoms with Crippen LogP contribution in [0.5, 0.6) is 11.5 Å². The molecule has 0 unspecified atom stereocenters. The Kier molecular flexibility index (Phi) is 9.16. The summed E-state index contributed by atoms with van der Waals surface area (Å²) in [6, 6.07) is 13.5. The Labute approximate surface area is 197 Å². The van der Waals surface area contributed by atoms with Crippen LogP contribution >= 0.6 is 0 Å². The molecule has 0 fully saturated rings. The number of ether oxygens (including phenoxy) is 2. The van der Waals surface area contributed by atoms with Gasteiger partial charge in [-0.05, 0) is 49.4 Å². The van der Waals surface area contributed by atoms with E-state index in [1.165, 1.54) is 5.56 Å². The largest absolute Gasteiger partial charge is 0.486 e. The monoisotopic (exact) mass is 452 g/mol. The van der Waals surface area contributed by atoms with E-state index in [2.05, 4.69) is 12.2 Å². The Morgan fingerprint density at radius 3 is 2.39 bits per heavy atom. The van der Waals surface area contributed by atoms with Crippen molar-refractivity contribution in [3.05, 3.63) is 59.2 Å². The highest BCUT2D eigenvalue weighted by Crippen LogP contribution is 2.31. The highest BCUT2D eigenvalue weighted by molar-refractivity contribution is 5.87. The third kappa shape index (κ3) is 6.98. The van der Waals surface area contributed by atoms with Crippen molar-refractivity contribution in [3.63, 3.8) is 0 Å². The van der Waals surface area contributed by atoms with E-state index in [1.54, 1.807) is 4.90 Å². The highest BCUT2D eigenvalue weighted by atomic mass is 16.6. The van der Waals surface area contributed by atoms with Crippen molar-refractivity contribution in [2.24, 2.45) is 0 Å². The maximum atomic E-state index is 13.4. The van der Waals surface area contributed by atoms with Crippen molar-refractivity contribution in [1.82, 2.24) is 10.2 Å². The summed E-state index contributed by atoms with van der Waals surface area (Å²) >= 11 is 0. The van der Waals surface area contributed by atoms with Crippen LogP contribution in [0.15, 0.2) is 42.5 Å². The smallest absolute Gasteiger partial charge is 0.242 e. The first-order valence-corrected chi connectivity index (χ1v) is 12.0. The van der Waals surface area contributed by atoms with Gasteiger partial charge in [0.25, 0.3) is 0 Å².